The van der Waals surface area contributed by atoms with Gasteiger partial charge in [-0.2, -0.15) is 0 Å². The Hall–Kier alpha value is -1.78. The zero-order valence-corrected chi connectivity index (χ0v) is 11.4. The molecule has 0 aliphatic heterocycles. The van der Waals surface area contributed by atoms with Crippen LogP contribution in [0.3, 0.4) is 0 Å². The fourth-order valence-corrected chi connectivity index (χ4v) is 2.43. The molecule has 0 aromatic heterocycles. The molecule has 0 saturated carbocycles. The SMILES string of the molecule is CC(O)(Sc1ccccc1)C(=O)Nc1ccccc1. The van der Waals surface area contributed by atoms with Crippen molar-refractivity contribution < 1.29 is 9.90 Å². The first-order valence-corrected chi connectivity index (χ1v) is 6.72. The fourth-order valence-electron chi connectivity index (χ4n) is 1.53. The van der Waals surface area contributed by atoms with Crippen LogP contribution in [0.4, 0.5) is 5.69 Å². The number of anilines is 1. The average molecular weight is 273 g/mol. The van der Waals surface area contributed by atoms with Crippen molar-refractivity contribution in [3.05, 3.63) is 60.7 Å². The molecule has 1 atom stereocenters. The lowest BCUT2D eigenvalue weighted by molar-refractivity contribution is -0.125. The molecule has 0 bridgehead atoms. The summed E-state index contributed by atoms with van der Waals surface area (Å²) in [7, 11) is 0. The van der Waals surface area contributed by atoms with Gasteiger partial charge in [-0.15, -0.1) is 0 Å². The van der Waals surface area contributed by atoms with Gasteiger partial charge in [-0.25, -0.2) is 0 Å². The van der Waals surface area contributed by atoms with E-state index in [0.29, 0.717) is 5.69 Å². The molecule has 0 aliphatic rings. The normalized spacial score (nSPS) is 13.6. The Morgan fingerprint density at radius 2 is 1.58 bits per heavy atom. The standard InChI is InChI=1S/C15H15NO2S/c1-15(18,19-13-10-6-3-7-11-13)14(17)16-12-8-4-2-5-9-12/h2-11,18H,1H3,(H,16,17). The van der Waals surface area contributed by atoms with Crippen molar-refractivity contribution in [2.45, 2.75) is 16.8 Å². The molecule has 0 heterocycles. The number of rotatable bonds is 4. The van der Waals surface area contributed by atoms with Gasteiger partial charge < -0.3 is 10.4 Å². The second-order valence-corrected chi connectivity index (χ2v) is 5.69. The molecule has 3 nitrogen and oxygen atoms in total. The zero-order valence-electron chi connectivity index (χ0n) is 10.5. The Bertz CT molecular complexity index is 541. The van der Waals surface area contributed by atoms with Gasteiger partial charge in [0.15, 0.2) is 4.93 Å². The molecule has 0 radical (unpaired) electrons. The van der Waals surface area contributed by atoms with Gasteiger partial charge in [-0.1, -0.05) is 48.2 Å². The molecule has 1 amide bonds. The summed E-state index contributed by atoms with van der Waals surface area (Å²) in [5.41, 5.74) is 0.668. The van der Waals surface area contributed by atoms with E-state index < -0.39 is 10.8 Å². The van der Waals surface area contributed by atoms with E-state index >= 15 is 0 Å². The van der Waals surface area contributed by atoms with Gasteiger partial charge >= 0.3 is 0 Å². The molecule has 2 N–H and O–H groups in total. The van der Waals surface area contributed by atoms with Crippen LogP contribution in [0.2, 0.25) is 0 Å². The Labute approximate surface area is 116 Å². The van der Waals surface area contributed by atoms with E-state index in [4.69, 9.17) is 0 Å². The summed E-state index contributed by atoms with van der Waals surface area (Å²) >= 11 is 1.12. The summed E-state index contributed by atoms with van der Waals surface area (Å²) in [4.78, 5) is 11.4. The lowest BCUT2D eigenvalue weighted by Crippen LogP contribution is -2.36. The second kappa shape index (κ2) is 5.91. The highest BCUT2D eigenvalue weighted by Gasteiger charge is 2.31. The third-order valence-electron chi connectivity index (χ3n) is 2.51. The van der Waals surface area contributed by atoms with Crippen LogP contribution in [-0.2, 0) is 4.79 Å². The Kier molecular flexibility index (Phi) is 4.24. The first kappa shape index (κ1) is 13.6. The molecular formula is C15H15NO2S. The van der Waals surface area contributed by atoms with Crippen LogP contribution in [0.1, 0.15) is 6.92 Å². The minimum Gasteiger partial charge on any atom is -0.371 e. The van der Waals surface area contributed by atoms with E-state index in [9.17, 15) is 9.90 Å². The van der Waals surface area contributed by atoms with Gasteiger partial charge in [0.05, 0.1) is 0 Å². The molecular weight excluding hydrogens is 258 g/mol. The van der Waals surface area contributed by atoms with Crippen LogP contribution in [0.15, 0.2) is 65.6 Å². The average Bonchev–Trinajstić information content (AvgIpc) is 2.40. The van der Waals surface area contributed by atoms with Gasteiger partial charge in [0.2, 0.25) is 0 Å². The van der Waals surface area contributed by atoms with Crippen molar-refractivity contribution in [2.24, 2.45) is 0 Å². The number of aliphatic hydroxyl groups is 1. The molecule has 19 heavy (non-hydrogen) atoms. The van der Waals surface area contributed by atoms with E-state index in [1.54, 1.807) is 12.1 Å². The maximum atomic E-state index is 12.1. The predicted molar refractivity (Wildman–Crippen MR) is 78.0 cm³/mol. The zero-order chi connectivity index (χ0) is 13.7. The monoisotopic (exact) mass is 273 g/mol. The van der Waals surface area contributed by atoms with Gasteiger partial charge in [0.1, 0.15) is 0 Å². The van der Waals surface area contributed by atoms with Gasteiger partial charge in [-0.05, 0) is 31.2 Å². The first-order chi connectivity index (χ1) is 9.08. The molecule has 2 aromatic carbocycles. The van der Waals surface area contributed by atoms with Crippen molar-refractivity contribution in [1.82, 2.24) is 0 Å². The molecule has 0 fully saturated rings. The molecule has 98 valence electrons. The van der Waals surface area contributed by atoms with Crippen molar-refractivity contribution in [3.63, 3.8) is 0 Å². The van der Waals surface area contributed by atoms with Crippen LogP contribution >= 0.6 is 11.8 Å². The number of amides is 1. The summed E-state index contributed by atoms with van der Waals surface area (Å²) in [6.07, 6.45) is 0. The van der Waals surface area contributed by atoms with Crippen molar-refractivity contribution in [3.8, 4) is 0 Å². The summed E-state index contributed by atoms with van der Waals surface area (Å²) in [5, 5.41) is 12.9. The predicted octanol–water partition coefficient (Wildman–Crippen LogP) is 3.13. The van der Waals surface area contributed by atoms with Crippen LogP contribution in [0.5, 0.6) is 0 Å². The number of nitrogens with one attached hydrogen (secondary N) is 1. The second-order valence-electron chi connectivity index (χ2n) is 4.22. The highest BCUT2D eigenvalue weighted by molar-refractivity contribution is 8.01. The van der Waals surface area contributed by atoms with E-state index in [2.05, 4.69) is 5.32 Å². The molecule has 0 spiro atoms. The van der Waals surface area contributed by atoms with Gasteiger partial charge in [0.25, 0.3) is 5.91 Å². The fraction of sp³-hybridized carbons (Fsp3) is 0.133. The Morgan fingerprint density at radius 1 is 1.05 bits per heavy atom. The Morgan fingerprint density at radius 3 is 2.16 bits per heavy atom. The highest BCUT2D eigenvalue weighted by Crippen LogP contribution is 2.31. The lowest BCUT2D eigenvalue weighted by Gasteiger charge is -2.21. The maximum Gasteiger partial charge on any atom is 0.267 e. The summed E-state index contributed by atoms with van der Waals surface area (Å²) in [6, 6.07) is 18.4. The first-order valence-electron chi connectivity index (χ1n) is 5.91. The summed E-state index contributed by atoms with van der Waals surface area (Å²) in [5.74, 6) is -0.437. The molecule has 1 unspecified atom stereocenters. The number of carbonyl (C=O) groups excluding carboxylic acids is 1. The molecule has 2 aromatic rings. The van der Waals surface area contributed by atoms with Gasteiger partial charge in [0, 0.05) is 10.6 Å². The number of thioether (sulfide) groups is 1. The molecule has 2 rings (SSSR count). The molecule has 4 heteroatoms. The number of para-hydroxylation sites is 1. The largest absolute Gasteiger partial charge is 0.371 e. The number of carbonyl (C=O) groups is 1. The van der Waals surface area contributed by atoms with E-state index in [0.717, 1.165) is 16.7 Å². The molecule has 0 aliphatic carbocycles. The van der Waals surface area contributed by atoms with E-state index in [-0.39, 0.29) is 0 Å². The number of hydrogen-bond acceptors (Lipinski definition) is 3. The third kappa shape index (κ3) is 3.84. The molecule has 0 saturated heterocycles. The minimum absolute atomic E-state index is 0.437. The Balaban J connectivity index is 2.05. The maximum absolute atomic E-state index is 12.1. The summed E-state index contributed by atoms with van der Waals surface area (Å²) < 4.78 is 0. The smallest absolute Gasteiger partial charge is 0.267 e. The van der Waals surface area contributed by atoms with Crippen LogP contribution in [0, 0.1) is 0 Å². The summed E-state index contributed by atoms with van der Waals surface area (Å²) in [6.45, 7) is 1.49. The highest BCUT2D eigenvalue weighted by atomic mass is 32.2. The number of benzene rings is 2. The van der Waals surface area contributed by atoms with Crippen molar-refractivity contribution >= 4 is 23.4 Å². The van der Waals surface area contributed by atoms with Crippen LogP contribution < -0.4 is 5.32 Å². The van der Waals surface area contributed by atoms with E-state index in [1.807, 2.05) is 48.5 Å². The number of hydrogen-bond donors (Lipinski definition) is 2. The van der Waals surface area contributed by atoms with Crippen LogP contribution in [0.25, 0.3) is 0 Å². The van der Waals surface area contributed by atoms with Crippen LogP contribution in [-0.4, -0.2) is 15.9 Å². The van der Waals surface area contributed by atoms with Crippen molar-refractivity contribution in [2.75, 3.05) is 5.32 Å². The lowest BCUT2D eigenvalue weighted by atomic mass is 10.3. The minimum atomic E-state index is -1.52. The van der Waals surface area contributed by atoms with Crippen molar-refractivity contribution in [1.29, 1.82) is 0 Å². The third-order valence-corrected chi connectivity index (χ3v) is 3.60. The quantitative estimate of drug-likeness (QED) is 0.664. The topological polar surface area (TPSA) is 49.3 Å². The van der Waals surface area contributed by atoms with Gasteiger partial charge in [-0.3, -0.25) is 4.79 Å². The van der Waals surface area contributed by atoms with E-state index in [1.165, 1.54) is 6.92 Å².